The molecule has 0 bridgehead atoms. The average molecular weight is 315 g/mol. The van der Waals surface area contributed by atoms with Gasteiger partial charge in [0, 0.05) is 18.2 Å². The Labute approximate surface area is 122 Å². The quantitative estimate of drug-likeness (QED) is 0.556. The van der Waals surface area contributed by atoms with Crippen molar-refractivity contribution in [1.29, 1.82) is 0 Å². The molecule has 0 saturated carbocycles. The number of phenolic OH excluding ortho intramolecular Hbond substituents is 1. The topological polar surface area (TPSA) is 122 Å². The first-order valence-corrected chi connectivity index (χ1v) is 8.01. The number of rotatable bonds is 4. The molecule has 3 N–H and O–H groups in total. The molecule has 1 saturated heterocycles. The van der Waals surface area contributed by atoms with E-state index in [1.165, 1.54) is 0 Å². The van der Waals surface area contributed by atoms with Gasteiger partial charge in [-0.2, -0.15) is 0 Å². The van der Waals surface area contributed by atoms with Crippen LogP contribution in [0.5, 0.6) is 5.75 Å². The van der Waals surface area contributed by atoms with Crippen LogP contribution in [-0.2, 0) is 10.0 Å². The Kier molecular flexibility index (Phi) is 4.45. The third kappa shape index (κ3) is 3.69. The summed E-state index contributed by atoms with van der Waals surface area (Å²) in [5, 5.41) is 23.3. The lowest BCUT2D eigenvalue weighted by Crippen LogP contribution is -2.46. The Bertz CT molecular complexity index is 646. The number of nitrogens with zero attached hydrogens (tertiary/aromatic N) is 1. The zero-order valence-corrected chi connectivity index (χ0v) is 12.3. The maximum Gasteiger partial charge on any atom is 0.312 e. The molecule has 1 aliphatic rings. The van der Waals surface area contributed by atoms with Crippen molar-refractivity contribution in [1.82, 2.24) is 10.0 Å². The van der Waals surface area contributed by atoms with Gasteiger partial charge in [0.2, 0.25) is 10.0 Å². The fourth-order valence-electron chi connectivity index (χ4n) is 2.34. The van der Waals surface area contributed by atoms with Crippen molar-refractivity contribution in [3.8, 4) is 5.75 Å². The minimum absolute atomic E-state index is 0.209. The van der Waals surface area contributed by atoms with Crippen LogP contribution in [0.1, 0.15) is 19.8 Å². The summed E-state index contributed by atoms with van der Waals surface area (Å²) in [6, 6.07) is 3.02. The molecule has 1 heterocycles. The molecule has 8 nitrogen and oxygen atoms in total. The maximum absolute atomic E-state index is 12.3. The lowest BCUT2D eigenvalue weighted by atomic mass is 10.0. The van der Waals surface area contributed by atoms with Gasteiger partial charge in [0.05, 0.1) is 9.82 Å². The standard InChI is InChI=1S/C12H17N3O5S/c1-8-6-9(4-5-13-8)14-21(19,20)10-2-3-12(16)11(7-10)15(17)18/h2-3,7-9,13-14,16H,4-6H2,1H3. The number of aromatic hydroxyl groups is 1. The normalized spacial score (nSPS) is 22.9. The number of hydrogen-bond acceptors (Lipinski definition) is 6. The molecule has 2 rings (SSSR count). The molecular weight excluding hydrogens is 298 g/mol. The second kappa shape index (κ2) is 5.96. The van der Waals surface area contributed by atoms with Crippen molar-refractivity contribution in [2.75, 3.05) is 6.54 Å². The van der Waals surface area contributed by atoms with Crippen molar-refractivity contribution in [3.05, 3.63) is 28.3 Å². The van der Waals surface area contributed by atoms with E-state index in [2.05, 4.69) is 10.0 Å². The van der Waals surface area contributed by atoms with Crippen molar-refractivity contribution in [3.63, 3.8) is 0 Å². The number of benzene rings is 1. The molecule has 9 heteroatoms. The first kappa shape index (κ1) is 15.7. The molecule has 21 heavy (non-hydrogen) atoms. The van der Waals surface area contributed by atoms with E-state index >= 15 is 0 Å². The first-order valence-electron chi connectivity index (χ1n) is 6.52. The highest BCUT2D eigenvalue weighted by atomic mass is 32.2. The second-order valence-corrected chi connectivity index (χ2v) is 6.82. The molecule has 1 aromatic rings. The summed E-state index contributed by atoms with van der Waals surface area (Å²) < 4.78 is 27.1. The number of nitro benzene ring substituents is 1. The zero-order valence-electron chi connectivity index (χ0n) is 11.4. The molecule has 0 aliphatic carbocycles. The van der Waals surface area contributed by atoms with E-state index in [1.54, 1.807) is 0 Å². The summed E-state index contributed by atoms with van der Waals surface area (Å²) in [6.07, 6.45) is 1.31. The molecule has 1 aliphatic heterocycles. The molecule has 0 radical (unpaired) electrons. The third-order valence-corrected chi connectivity index (χ3v) is 4.92. The van der Waals surface area contributed by atoms with Crippen molar-refractivity contribution in [2.45, 2.75) is 36.7 Å². The van der Waals surface area contributed by atoms with Crippen LogP contribution in [0, 0.1) is 10.1 Å². The van der Waals surface area contributed by atoms with Crippen LogP contribution in [0.15, 0.2) is 23.1 Å². The molecule has 2 unspecified atom stereocenters. The number of piperidine rings is 1. The van der Waals surface area contributed by atoms with E-state index in [-0.39, 0.29) is 17.0 Å². The number of nitro groups is 1. The smallest absolute Gasteiger partial charge is 0.312 e. The van der Waals surface area contributed by atoms with Crippen LogP contribution < -0.4 is 10.0 Å². The molecule has 2 atom stereocenters. The van der Waals surface area contributed by atoms with Gasteiger partial charge in [-0.3, -0.25) is 10.1 Å². The largest absolute Gasteiger partial charge is 0.502 e. The Balaban J connectivity index is 2.23. The van der Waals surface area contributed by atoms with Gasteiger partial charge in [-0.25, -0.2) is 13.1 Å². The van der Waals surface area contributed by atoms with E-state index in [0.29, 0.717) is 19.4 Å². The summed E-state index contributed by atoms with van der Waals surface area (Å²) >= 11 is 0. The first-order chi connectivity index (χ1) is 9.79. The fraction of sp³-hybridized carbons (Fsp3) is 0.500. The summed E-state index contributed by atoms with van der Waals surface area (Å²) in [7, 11) is -3.85. The van der Waals surface area contributed by atoms with Crippen LogP contribution >= 0.6 is 0 Å². The monoisotopic (exact) mass is 315 g/mol. The average Bonchev–Trinajstić information content (AvgIpc) is 2.38. The minimum Gasteiger partial charge on any atom is -0.502 e. The molecule has 116 valence electrons. The number of sulfonamides is 1. The van der Waals surface area contributed by atoms with E-state index in [4.69, 9.17) is 0 Å². The molecular formula is C12H17N3O5S. The predicted octanol–water partition coefficient (Wildman–Crippen LogP) is 0.719. The lowest BCUT2D eigenvalue weighted by molar-refractivity contribution is -0.386. The highest BCUT2D eigenvalue weighted by Gasteiger charge is 2.26. The zero-order chi connectivity index (χ0) is 15.6. The molecule has 0 aromatic heterocycles. The maximum atomic E-state index is 12.3. The summed E-state index contributed by atoms with van der Waals surface area (Å²) in [4.78, 5) is 9.71. The SMILES string of the molecule is CC1CC(NS(=O)(=O)c2ccc(O)c([N+](=O)[O-])c2)CCN1. The Morgan fingerprint density at radius 2 is 2.19 bits per heavy atom. The highest BCUT2D eigenvalue weighted by Crippen LogP contribution is 2.28. The number of phenols is 1. The molecule has 1 fully saturated rings. The Hall–Kier alpha value is -1.71. The van der Waals surface area contributed by atoms with Gasteiger partial charge in [0.1, 0.15) is 0 Å². The third-order valence-electron chi connectivity index (χ3n) is 3.40. The van der Waals surface area contributed by atoms with Crippen LogP contribution in [-0.4, -0.2) is 37.1 Å². The lowest BCUT2D eigenvalue weighted by Gasteiger charge is -2.28. The predicted molar refractivity (Wildman–Crippen MR) is 75.6 cm³/mol. The van der Waals surface area contributed by atoms with Gasteiger partial charge in [0.25, 0.3) is 0 Å². The van der Waals surface area contributed by atoms with Crippen LogP contribution in [0.4, 0.5) is 5.69 Å². The van der Waals surface area contributed by atoms with Gasteiger partial charge in [-0.05, 0) is 38.4 Å². The van der Waals surface area contributed by atoms with Crippen molar-refractivity contribution in [2.24, 2.45) is 0 Å². The summed E-state index contributed by atoms with van der Waals surface area (Å²) in [5.41, 5.74) is -0.628. The molecule has 1 aromatic carbocycles. The fourth-order valence-corrected chi connectivity index (χ4v) is 3.65. The summed E-state index contributed by atoms with van der Waals surface area (Å²) in [5.74, 6) is -0.561. The van der Waals surface area contributed by atoms with Gasteiger partial charge in [0.15, 0.2) is 5.75 Å². The van der Waals surface area contributed by atoms with E-state index in [9.17, 15) is 23.6 Å². The number of hydrogen-bond donors (Lipinski definition) is 3. The second-order valence-electron chi connectivity index (χ2n) is 5.11. The minimum atomic E-state index is -3.85. The summed E-state index contributed by atoms with van der Waals surface area (Å²) in [6.45, 7) is 2.68. The van der Waals surface area contributed by atoms with Crippen molar-refractivity contribution >= 4 is 15.7 Å². The molecule has 0 spiro atoms. The van der Waals surface area contributed by atoms with Crippen LogP contribution in [0.2, 0.25) is 0 Å². The van der Waals surface area contributed by atoms with E-state index < -0.39 is 26.4 Å². The van der Waals surface area contributed by atoms with Crippen molar-refractivity contribution < 1.29 is 18.4 Å². The van der Waals surface area contributed by atoms with E-state index in [1.807, 2.05) is 6.92 Å². The van der Waals surface area contributed by atoms with E-state index in [0.717, 1.165) is 18.2 Å². The van der Waals surface area contributed by atoms with Crippen LogP contribution in [0.25, 0.3) is 0 Å². The Morgan fingerprint density at radius 3 is 2.81 bits per heavy atom. The Morgan fingerprint density at radius 1 is 1.48 bits per heavy atom. The van der Waals surface area contributed by atoms with Crippen LogP contribution in [0.3, 0.4) is 0 Å². The number of nitrogens with one attached hydrogen (secondary N) is 2. The molecule has 0 amide bonds. The van der Waals surface area contributed by atoms with Gasteiger partial charge in [-0.15, -0.1) is 0 Å². The highest BCUT2D eigenvalue weighted by molar-refractivity contribution is 7.89. The van der Waals surface area contributed by atoms with Gasteiger partial charge >= 0.3 is 5.69 Å². The van der Waals surface area contributed by atoms with Gasteiger partial charge in [-0.1, -0.05) is 0 Å². The van der Waals surface area contributed by atoms with Gasteiger partial charge < -0.3 is 10.4 Å².